The van der Waals surface area contributed by atoms with E-state index in [4.69, 9.17) is 15.2 Å². The number of Topliss-reactive ketones (excluding diaryl/α,β-unsaturated/α-hetero) is 1. The maximum absolute atomic E-state index is 12.6. The van der Waals surface area contributed by atoms with Crippen LogP contribution in [0.5, 0.6) is 11.5 Å². The number of rotatable bonds is 5. The fourth-order valence-corrected chi connectivity index (χ4v) is 4.24. The molecule has 33 heavy (non-hydrogen) atoms. The van der Waals surface area contributed by atoms with E-state index in [9.17, 15) is 9.59 Å². The van der Waals surface area contributed by atoms with Crippen molar-refractivity contribution in [1.82, 2.24) is 4.98 Å². The Kier molecular flexibility index (Phi) is 5.70. The molecule has 1 aliphatic heterocycles. The first-order valence-corrected chi connectivity index (χ1v) is 10.9. The van der Waals surface area contributed by atoms with E-state index in [1.807, 2.05) is 65.0 Å². The van der Waals surface area contributed by atoms with Gasteiger partial charge in [-0.3, -0.25) is 14.6 Å². The third kappa shape index (κ3) is 4.60. The number of fused-ring (bicyclic) bond motifs is 1. The van der Waals surface area contributed by atoms with Crippen molar-refractivity contribution in [2.75, 3.05) is 0 Å². The first-order chi connectivity index (χ1) is 15.5. The lowest BCUT2D eigenvalue weighted by molar-refractivity contribution is 0.0612. The third-order valence-corrected chi connectivity index (χ3v) is 5.77. The lowest BCUT2D eigenvalue weighted by Gasteiger charge is -2.33. The maximum atomic E-state index is 12.6. The Morgan fingerprint density at radius 3 is 2.27 bits per heavy atom. The second-order valence-corrected chi connectivity index (χ2v) is 9.19. The number of ketones is 1. The molecular formula is C27H28N2O4. The van der Waals surface area contributed by atoms with E-state index in [-0.39, 0.29) is 5.78 Å². The zero-order valence-electron chi connectivity index (χ0n) is 19.6. The predicted molar refractivity (Wildman–Crippen MR) is 126 cm³/mol. The number of hydrogen-bond donors (Lipinski definition) is 1. The molecule has 6 nitrogen and oxygen atoms in total. The number of carbonyl (C=O) groups is 2. The fourth-order valence-electron chi connectivity index (χ4n) is 4.24. The van der Waals surface area contributed by atoms with E-state index < -0.39 is 17.6 Å². The van der Waals surface area contributed by atoms with Crippen LogP contribution >= 0.6 is 0 Å². The molecule has 4 rings (SSSR count). The highest BCUT2D eigenvalue weighted by atomic mass is 16.5. The molecule has 6 heteroatoms. The van der Waals surface area contributed by atoms with Crippen LogP contribution in [-0.4, -0.2) is 22.3 Å². The molecule has 1 atom stereocenters. The maximum Gasteiger partial charge on any atom is 0.248 e. The van der Waals surface area contributed by atoms with Gasteiger partial charge in [0.25, 0.3) is 0 Å². The largest absolute Gasteiger partial charge is 0.486 e. The molecule has 0 fully saturated rings. The van der Waals surface area contributed by atoms with Crippen molar-refractivity contribution in [3.63, 3.8) is 0 Å². The van der Waals surface area contributed by atoms with Gasteiger partial charge < -0.3 is 15.2 Å². The minimum Gasteiger partial charge on any atom is -0.486 e. The standard InChI is InChI=1S/C27H28N2O4/c1-15-12-20(13-16(2)29-15)25(18-6-8-19(9-7-18)26(28)31)32-23-11-10-21-22(30)14-27(4,5)33-24(21)17(23)3/h6-13,25H,14H2,1-5H3,(H2,28,31)/t25-/m0/s1. The molecule has 2 aromatic carbocycles. The van der Waals surface area contributed by atoms with Crippen molar-refractivity contribution in [3.05, 3.63) is 87.7 Å². The van der Waals surface area contributed by atoms with Gasteiger partial charge in [-0.15, -0.1) is 0 Å². The predicted octanol–water partition coefficient (Wildman–Crippen LogP) is 5.02. The third-order valence-electron chi connectivity index (χ3n) is 5.77. The highest BCUT2D eigenvalue weighted by Crippen LogP contribution is 2.41. The number of ether oxygens (including phenoxy) is 2. The van der Waals surface area contributed by atoms with Gasteiger partial charge in [0, 0.05) is 28.1 Å². The first kappa shape index (κ1) is 22.5. The van der Waals surface area contributed by atoms with Crippen LogP contribution in [0.2, 0.25) is 0 Å². The van der Waals surface area contributed by atoms with Crippen LogP contribution < -0.4 is 15.2 Å². The summed E-state index contributed by atoms with van der Waals surface area (Å²) in [5, 5.41) is 0. The minimum absolute atomic E-state index is 0.0647. The number of pyridine rings is 1. The molecule has 0 saturated carbocycles. The monoisotopic (exact) mass is 444 g/mol. The molecule has 2 heterocycles. The second-order valence-electron chi connectivity index (χ2n) is 9.19. The Morgan fingerprint density at radius 2 is 1.67 bits per heavy atom. The summed E-state index contributed by atoms with van der Waals surface area (Å²) in [7, 11) is 0. The zero-order valence-corrected chi connectivity index (χ0v) is 19.6. The quantitative estimate of drug-likeness (QED) is 0.597. The Morgan fingerprint density at radius 1 is 1.03 bits per heavy atom. The van der Waals surface area contributed by atoms with Gasteiger partial charge in [0.05, 0.1) is 12.0 Å². The molecule has 0 saturated heterocycles. The fraction of sp³-hybridized carbons (Fsp3) is 0.296. The number of aryl methyl sites for hydroxylation is 2. The number of nitrogens with zero attached hydrogens (tertiary/aromatic N) is 1. The summed E-state index contributed by atoms with van der Waals surface area (Å²) in [5.74, 6) is 0.772. The lowest BCUT2D eigenvalue weighted by atomic mass is 9.91. The number of benzene rings is 2. The summed E-state index contributed by atoms with van der Waals surface area (Å²) in [6, 6.07) is 14.6. The van der Waals surface area contributed by atoms with Crippen LogP contribution in [0, 0.1) is 20.8 Å². The van der Waals surface area contributed by atoms with Gasteiger partial charge in [-0.05, 0) is 76.6 Å². The molecule has 0 unspecified atom stereocenters. The van der Waals surface area contributed by atoms with Gasteiger partial charge >= 0.3 is 0 Å². The van der Waals surface area contributed by atoms with Crippen molar-refractivity contribution in [3.8, 4) is 11.5 Å². The number of primary amides is 1. The van der Waals surface area contributed by atoms with E-state index in [1.54, 1.807) is 18.2 Å². The van der Waals surface area contributed by atoms with Crippen molar-refractivity contribution in [1.29, 1.82) is 0 Å². The molecule has 2 N–H and O–H groups in total. The van der Waals surface area contributed by atoms with Crippen molar-refractivity contribution >= 4 is 11.7 Å². The van der Waals surface area contributed by atoms with E-state index in [0.29, 0.717) is 29.0 Å². The number of aromatic nitrogens is 1. The number of carbonyl (C=O) groups excluding carboxylic acids is 2. The Hall–Kier alpha value is -3.67. The summed E-state index contributed by atoms with van der Waals surface area (Å²) in [4.78, 5) is 28.6. The Balaban J connectivity index is 1.79. The Bertz CT molecular complexity index is 1230. The summed E-state index contributed by atoms with van der Waals surface area (Å²) >= 11 is 0. The minimum atomic E-state index is -0.573. The van der Waals surface area contributed by atoms with E-state index in [0.717, 1.165) is 28.1 Å². The topological polar surface area (TPSA) is 91.5 Å². The van der Waals surface area contributed by atoms with Gasteiger partial charge in [-0.2, -0.15) is 0 Å². The molecular weight excluding hydrogens is 416 g/mol. The number of nitrogens with two attached hydrogens (primary N) is 1. The van der Waals surface area contributed by atoms with Crippen molar-refractivity contribution < 1.29 is 19.1 Å². The van der Waals surface area contributed by atoms with Gasteiger partial charge in [0.15, 0.2) is 5.78 Å². The van der Waals surface area contributed by atoms with Crippen molar-refractivity contribution in [2.24, 2.45) is 5.73 Å². The Labute approximate surface area is 193 Å². The van der Waals surface area contributed by atoms with Crippen molar-refractivity contribution in [2.45, 2.75) is 52.7 Å². The average molecular weight is 445 g/mol. The molecule has 0 bridgehead atoms. The van der Waals surface area contributed by atoms with E-state index in [1.165, 1.54) is 0 Å². The molecule has 1 aliphatic rings. The van der Waals surface area contributed by atoms with Crippen LogP contribution in [0.25, 0.3) is 0 Å². The van der Waals surface area contributed by atoms with Gasteiger partial charge in [-0.25, -0.2) is 0 Å². The van der Waals surface area contributed by atoms with Crippen LogP contribution in [0.4, 0.5) is 0 Å². The van der Waals surface area contributed by atoms with Crippen LogP contribution in [-0.2, 0) is 0 Å². The van der Waals surface area contributed by atoms with Gasteiger partial charge in [0.1, 0.15) is 23.2 Å². The molecule has 0 radical (unpaired) electrons. The summed E-state index contributed by atoms with van der Waals surface area (Å²) in [6.45, 7) is 9.60. The highest BCUT2D eigenvalue weighted by Gasteiger charge is 2.34. The first-order valence-electron chi connectivity index (χ1n) is 10.9. The molecule has 0 spiro atoms. The number of hydrogen-bond acceptors (Lipinski definition) is 5. The zero-order chi connectivity index (χ0) is 23.9. The smallest absolute Gasteiger partial charge is 0.248 e. The number of amides is 1. The summed E-state index contributed by atoms with van der Waals surface area (Å²) < 4.78 is 12.7. The van der Waals surface area contributed by atoms with Crippen LogP contribution in [0.1, 0.15) is 75.2 Å². The van der Waals surface area contributed by atoms with Crippen LogP contribution in [0.15, 0.2) is 48.5 Å². The second kappa shape index (κ2) is 8.35. The van der Waals surface area contributed by atoms with E-state index >= 15 is 0 Å². The normalized spacial score (nSPS) is 15.4. The molecule has 1 aromatic heterocycles. The summed E-state index contributed by atoms with van der Waals surface area (Å²) in [5.41, 5.74) is 10.2. The van der Waals surface area contributed by atoms with Crippen LogP contribution in [0.3, 0.4) is 0 Å². The lowest BCUT2D eigenvalue weighted by Crippen LogP contribution is -2.36. The highest BCUT2D eigenvalue weighted by molar-refractivity contribution is 6.01. The van der Waals surface area contributed by atoms with Gasteiger partial charge in [0.2, 0.25) is 5.91 Å². The molecule has 170 valence electrons. The average Bonchev–Trinajstić information content (AvgIpc) is 2.72. The summed E-state index contributed by atoms with van der Waals surface area (Å²) in [6.07, 6.45) is -0.124. The molecule has 3 aromatic rings. The van der Waals surface area contributed by atoms with Gasteiger partial charge in [-0.1, -0.05) is 12.1 Å². The molecule has 0 aliphatic carbocycles. The molecule has 1 amide bonds. The SMILES string of the molecule is Cc1cc([C@@H](Oc2ccc3c(c2C)OC(C)(C)CC3=O)c2ccc(C(N)=O)cc2)cc(C)n1. The van der Waals surface area contributed by atoms with E-state index in [2.05, 4.69) is 4.98 Å².